The molecule has 0 spiro atoms. The van der Waals surface area contributed by atoms with Crippen molar-refractivity contribution in [3.05, 3.63) is 64.1 Å². The number of nitrogens with one attached hydrogen (secondary N) is 1. The normalized spacial score (nSPS) is 20.1. The minimum Gasteiger partial charge on any atom is -0.376 e. The van der Waals surface area contributed by atoms with Crippen LogP contribution in [0.3, 0.4) is 0 Å². The van der Waals surface area contributed by atoms with E-state index in [0.29, 0.717) is 17.0 Å². The quantitative estimate of drug-likeness (QED) is 0.777. The van der Waals surface area contributed by atoms with E-state index in [1.165, 1.54) is 11.8 Å². The average Bonchev–Trinajstić information content (AvgIpc) is 3.23. The second-order valence-corrected chi connectivity index (χ2v) is 8.50. The molecule has 2 heterocycles. The summed E-state index contributed by atoms with van der Waals surface area (Å²) in [6, 6.07) is 13.6. The van der Waals surface area contributed by atoms with E-state index in [2.05, 4.69) is 11.4 Å². The fourth-order valence-corrected chi connectivity index (χ4v) is 4.65. The van der Waals surface area contributed by atoms with E-state index in [1.807, 2.05) is 43.3 Å². The van der Waals surface area contributed by atoms with Crippen LogP contribution in [-0.2, 0) is 9.53 Å². The number of aryl methyl sites for hydroxylation is 1. The molecule has 29 heavy (non-hydrogen) atoms. The van der Waals surface area contributed by atoms with Gasteiger partial charge in [0.15, 0.2) is 0 Å². The molecular weight excluding hydrogens is 384 g/mol. The summed E-state index contributed by atoms with van der Waals surface area (Å²) in [4.78, 5) is 28.6. The number of amides is 2. The van der Waals surface area contributed by atoms with Crippen molar-refractivity contribution in [2.24, 2.45) is 0 Å². The molecular formula is C23H24N2O3S. The Balaban J connectivity index is 1.53. The number of anilines is 1. The lowest BCUT2D eigenvalue weighted by molar-refractivity contribution is -0.114. The number of carbonyl (C=O) groups excluding carboxylic acids is 2. The summed E-state index contributed by atoms with van der Waals surface area (Å²) in [5.74, 6) is -0.212. The predicted octanol–water partition coefficient (Wildman–Crippen LogP) is 4.01. The van der Waals surface area contributed by atoms with Crippen LogP contribution in [0.25, 0.3) is 6.08 Å². The van der Waals surface area contributed by atoms with Crippen LogP contribution in [0.4, 0.5) is 5.69 Å². The van der Waals surface area contributed by atoms with Crippen molar-refractivity contribution in [3.8, 4) is 0 Å². The van der Waals surface area contributed by atoms with E-state index in [9.17, 15) is 9.59 Å². The van der Waals surface area contributed by atoms with Crippen molar-refractivity contribution < 1.29 is 14.3 Å². The Morgan fingerprint density at radius 3 is 2.93 bits per heavy atom. The molecule has 2 amide bonds. The van der Waals surface area contributed by atoms with Crippen molar-refractivity contribution in [2.75, 3.05) is 25.1 Å². The van der Waals surface area contributed by atoms with Crippen LogP contribution >= 0.6 is 11.8 Å². The van der Waals surface area contributed by atoms with Gasteiger partial charge in [0.2, 0.25) is 0 Å². The first kappa shape index (κ1) is 19.7. The minimum absolute atomic E-state index is 0.0686. The Morgan fingerprint density at radius 1 is 1.31 bits per heavy atom. The van der Waals surface area contributed by atoms with Crippen molar-refractivity contribution >= 4 is 35.3 Å². The first-order chi connectivity index (χ1) is 14.0. The first-order valence-electron chi connectivity index (χ1n) is 9.79. The highest BCUT2D eigenvalue weighted by molar-refractivity contribution is 8.04. The molecule has 1 atom stereocenters. The second kappa shape index (κ2) is 8.43. The maximum atomic E-state index is 12.9. The Labute approximate surface area is 175 Å². The van der Waals surface area contributed by atoms with Crippen molar-refractivity contribution in [1.29, 1.82) is 0 Å². The molecule has 0 radical (unpaired) electrons. The molecule has 0 bridgehead atoms. The van der Waals surface area contributed by atoms with E-state index in [0.717, 1.165) is 41.2 Å². The fraction of sp³-hybridized carbons (Fsp3) is 0.304. The zero-order valence-corrected chi connectivity index (χ0v) is 17.4. The van der Waals surface area contributed by atoms with Crippen LogP contribution < -0.4 is 10.2 Å². The van der Waals surface area contributed by atoms with Crippen LogP contribution in [0.2, 0.25) is 0 Å². The van der Waals surface area contributed by atoms with E-state index in [-0.39, 0.29) is 17.9 Å². The zero-order chi connectivity index (χ0) is 20.4. The van der Waals surface area contributed by atoms with Gasteiger partial charge in [-0.3, -0.25) is 9.59 Å². The Kier molecular flexibility index (Phi) is 5.74. The monoisotopic (exact) mass is 408 g/mol. The topological polar surface area (TPSA) is 58.6 Å². The molecule has 6 heteroatoms. The Hall–Kier alpha value is -2.57. The molecule has 2 aromatic rings. The summed E-state index contributed by atoms with van der Waals surface area (Å²) in [5.41, 5.74) is 3.46. The van der Waals surface area contributed by atoms with Gasteiger partial charge in [0, 0.05) is 30.7 Å². The molecule has 5 nitrogen and oxygen atoms in total. The molecule has 0 aliphatic carbocycles. The Bertz CT molecular complexity index is 980. The summed E-state index contributed by atoms with van der Waals surface area (Å²) in [5, 5.41) is 2.93. The molecule has 2 aromatic carbocycles. The molecule has 0 aromatic heterocycles. The van der Waals surface area contributed by atoms with E-state index >= 15 is 0 Å². The molecule has 0 unspecified atom stereocenters. The molecule has 150 valence electrons. The predicted molar refractivity (Wildman–Crippen MR) is 116 cm³/mol. The lowest BCUT2D eigenvalue weighted by Crippen LogP contribution is -2.33. The van der Waals surface area contributed by atoms with Gasteiger partial charge in [0.25, 0.3) is 11.8 Å². The largest absolute Gasteiger partial charge is 0.376 e. The van der Waals surface area contributed by atoms with Crippen LogP contribution in [0.15, 0.2) is 52.3 Å². The van der Waals surface area contributed by atoms with Gasteiger partial charge < -0.3 is 15.0 Å². The number of hydrogen-bond donors (Lipinski definition) is 1. The lowest BCUT2D eigenvalue weighted by Gasteiger charge is -2.27. The maximum Gasteiger partial charge on any atom is 0.264 e. The van der Waals surface area contributed by atoms with Crippen LogP contribution in [0, 0.1) is 6.92 Å². The van der Waals surface area contributed by atoms with Gasteiger partial charge in [0.1, 0.15) is 0 Å². The number of nitrogens with zero attached hydrogens (tertiary/aromatic N) is 1. The van der Waals surface area contributed by atoms with Gasteiger partial charge in [-0.05, 0) is 49.6 Å². The number of carbonyl (C=O) groups is 2. The van der Waals surface area contributed by atoms with Gasteiger partial charge >= 0.3 is 0 Å². The number of hydrogen-bond acceptors (Lipinski definition) is 4. The molecule has 2 aliphatic heterocycles. The summed E-state index contributed by atoms with van der Waals surface area (Å²) < 4.78 is 5.55. The van der Waals surface area contributed by atoms with Crippen molar-refractivity contribution in [1.82, 2.24) is 5.32 Å². The standard InChI is InChI=1S/C23H24N2O3S/c1-15-5-3-6-16(11-15)12-21-23(27)25(2)19-13-17(8-9-20(19)29-21)22(26)24-14-18-7-4-10-28-18/h3,5-6,8-9,11-13,18H,4,7,10,14H2,1-2H3,(H,24,26)/b21-12-/t18-/m1/s1. The highest BCUT2D eigenvalue weighted by Gasteiger charge is 2.27. The first-order valence-corrected chi connectivity index (χ1v) is 10.6. The molecule has 4 rings (SSSR count). The number of thioether (sulfide) groups is 1. The number of benzene rings is 2. The van der Waals surface area contributed by atoms with Gasteiger partial charge in [0.05, 0.1) is 16.7 Å². The highest BCUT2D eigenvalue weighted by atomic mass is 32.2. The summed E-state index contributed by atoms with van der Waals surface area (Å²) in [6.07, 6.45) is 4.04. The van der Waals surface area contributed by atoms with Gasteiger partial charge in [-0.15, -0.1) is 0 Å². The minimum atomic E-state index is -0.143. The number of ether oxygens (including phenoxy) is 1. The fourth-order valence-electron chi connectivity index (χ4n) is 3.56. The number of fused-ring (bicyclic) bond motifs is 1. The third kappa shape index (κ3) is 4.38. The average molecular weight is 409 g/mol. The van der Waals surface area contributed by atoms with E-state index in [1.54, 1.807) is 18.0 Å². The third-order valence-corrected chi connectivity index (χ3v) is 6.25. The lowest BCUT2D eigenvalue weighted by atomic mass is 10.1. The van der Waals surface area contributed by atoms with E-state index in [4.69, 9.17) is 4.74 Å². The highest BCUT2D eigenvalue weighted by Crippen LogP contribution is 2.42. The summed E-state index contributed by atoms with van der Waals surface area (Å²) in [7, 11) is 1.75. The van der Waals surface area contributed by atoms with Crippen LogP contribution in [0.1, 0.15) is 34.3 Å². The zero-order valence-electron chi connectivity index (χ0n) is 16.6. The maximum absolute atomic E-state index is 12.9. The molecule has 1 saturated heterocycles. The van der Waals surface area contributed by atoms with Gasteiger partial charge in [-0.25, -0.2) is 0 Å². The third-order valence-electron chi connectivity index (χ3n) is 5.17. The molecule has 1 N–H and O–H groups in total. The summed E-state index contributed by atoms with van der Waals surface area (Å²) >= 11 is 1.44. The smallest absolute Gasteiger partial charge is 0.264 e. The molecule has 2 aliphatic rings. The van der Waals surface area contributed by atoms with Crippen molar-refractivity contribution in [3.63, 3.8) is 0 Å². The number of rotatable bonds is 4. The summed E-state index contributed by atoms with van der Waals surface area (Å²) in [6.45, 7) is 3.31. The molecule has 0 saturated carbocycles. The Morgan fingerprint density at radius 2 is 2.17 bits per heavy atom. The SMILES string of the molecule is Cc1cccc(/C=C2\Sc3ccc(C(=O)NC[C@H]4CCCO4)cc3N(C)C2=O)c1. The number of likely N-dealkylation sites (N-methyl/N-ethyl adjacent to an activating group) is 1. The molecule has 1 fully saturated rings. The second-order valence-electron chi connectivity index (χ2n) is 7.42. The van der Waals surface area contributed by atoms with Gasteiger partial charge in [-0.1, -0.05) is 41.6 Å². The van der Waals surface area contributed by atoms with Gasteiger partial charge in [-0.2, -0.15) is 0 Å². The van der Waals surface area contributed by atoms with E-state index < -0.39 is 0 Å². The van der Waals surface area contributed by atoms with Crippen LogP contribution in [0.5, 0.6) is 0 Å². The van der Waals surface area contributed by atoms with Crippen LogP contribution in [-0.4, -0.2) is 38.1 Å². The van der Waals surface area contributed by atoms with Crippen molar-refractivity contribution in [2.45, 2.75) is 30.8 Å².